The Morgan fingerprint density at radius 1 is 1.15 bits per heavy atom. The Morgan fingerprint density at radius 2 is 1.80 bits per heavy atom. The maximum atomic E-state index is 12.3. The summed E-state index contributed by atoms with van der Waals surface area (Å²) in [5.74, 6) is -0.435. The van der Waals surface area contributed by atoms with Gasteiger partial charge in [-0.1, -0.05) is 43.9 Å². The van der Waals surface area contributed by atoms with Gasteiger partial charge in [0.1, 0.15) is 6.54 Å². The van der Waals surface area contributed by atoms with Crippen LogP contribution in [0.5, 0.6) is 0 Å². The second-order valence-corrected chi connectivity index (χ2v) is 5.40. The van der Waals surface area contributed by atoms with Crippen LogP contribution in [0, 0.1) is 5.92 Å². The van der Waals surface area contributed by atoms with E-state index in [1.54, 1.807) is 12.1 Å². The predicted octanol–water partition coefficient (Wildman–Crippen LogP) is 3.07. The van der Waals surface area contributed by atoms with Crippen LogP contribution in [0.25, 0.3) is 0 Å². The van der Waals surface area contributed by atoms with Gasteiger partial charge in [-0.2, -0.15) is 0 Å². The highest BCUT2D eigenvalue weighted by atomic mass is 16.4. The van der Waals surface area contributed by atoms with E-state index in [1.165, 1.54) is 30.6 Å². The van der Waals surface area contributed by atoms with Gasteiger partial charge in [-0.05, 0) is 24.5 Å². The number of anilines is 1. The third-order valence-corrected chi connectivity index (χ3v) is 3.90. The molecular weight excluding hydrogens is 254 g/mol. The smallest absolute Gasteiger partial charge is 0.323 e. The van der Waals surface area contributed by atoms with E-state index in [0.29, 0.717) is 18.0 Å². The molecule has 1 aromatic rings. The van der Waals surface area contributed by atoms with Gasteiger partial charge in [0.05, 0.1) is 0 Å². The minimum Gasteiger partial charge on any atom is -0.480 e. The van der Waals surface area contributed by atoms with Crippen LogP contribution in [0.4, 0.5) is 5.69 Å². The number of amides is 1. The lowest BCUT2D eigenvalue weighted by atomic mass is 10.0. The first-order valence-corrected chi connectivity index (χ1v) is 7.24. The van der Waals surface area contributed by atoms with Crippen molar-refractivity contribution in [2.45, 2.75) is 38.5 Å². The molecule has 2 rings (SSSR count). The molecule has 0 heterocycles. The van der Waals surface area contributed by atoms with Crippen LogP contribution in [-0.2, 0) is 9.59 Å². The average Bonchev–Trinajstić information content (AvgIpc) is 2.96. The van der Waals surface area contributed by atoms with Crippen LogP contribution in [0.15, 0.2) is 30.3 Å². The number of rotatable bonds is 6. The van der Waals surface area contributed by atoms with E-state index in [0.717, 1.165) is 6.42 Å². The largest absolute Gasteiger partial charge is 0.480 e. The Balaban J connectivity index is 1.98. The van der Waals surface area contributed by atoms with Gasteiger partial charge in [-0.15, -0.1) is 0 Å². The number of aliphatic carboxylic acids is 1. The number of hydrogen-bond acceptors (Lipinski definition) is 2. The first kappa shape index (κ1) is 14.6. The Bertz CT molecular complexity index is 452. The maximum absolute atomic E-state index is 12.3. The van der Waals surface area contributed by atoms with Crippen LogP contribution in [-0.4, -0.2) is 23.5 Å². The molecule has 0 aromatic heterocycles. The van der Waals surface area contributed by atoms with Crippen molar-refractivity contribution < 1.29 is 14.7 Å². The molecule has 4 nitrogen and oxygen atoms in total. The summed E-state index contributed by atoms with van der Waals surface area (Å²) >= 11 is 0. The molecule has 20 heavy (non-hydrogen) atoms. The number of carbonyl (C=O) groups excluding carboxylic acids is 1. The van der Waals surface area contributed by atoms with E-state index >= 15 is 0 Å². The van der Waals surface area contributed by atoms with Gasteiger partial charge in [0, 0.05) is 12.1 Å². The van der Waals surface area contributed by atoms with Crippen molar-refractivity contribution in [3.63, 3.8) is 0 Å². The van der Waals surface area contributed by atoms with Crippen LogP contribution >= 0.6 is 0 Å². The molecule has 1 amide bonds. The van der Waals surface area contributed by atoms with E-state index in [2.05, 4.69) is 0 Å². The van der Waals surface area contributed by atoms with Gasteiger partial charge in [-0.25, -0.2) is 0 Å². The van der Waals surface area contributed by atoms with Crippen molar-refractivity contribution in [2.24, 2.45) is 5.92 Å². The lowest BCUT2D eigenvalue weighted by Crippen LogP contribution is -2.35. The van der Waals surface area contributed by atoms with Crippen molar-refractivity contribution in [3.05, 3.63) is 30.3 Å². The SMILES string of the molecule is O=C(O)CN(C(=O)CCC1CCCC1)c1ccccc1. The van der Waals surface area contributed by atoms with E-state index in [9.17, 15) is 9.59 Å². The second-order valence-electron chi connectivity index (χ2n) is 5.40. The zero-order chi connectivity index (χ0) is 14.4. The number of nitrogens with zero attached hydrogens (tertiary/aromatic N) is 1. The lowest BCUT2D eigenvalue weighted by Gasteiger charge is -2.21. The van der Waals surface area contributed by atoms with E-state index in [-0.39, 0.29) is 12.5 Å². The molecule has 0 unspecified atom stereocenters. The third-order valence-electron chi connectivity index (χ3n) is 3.90. The Morgan fingerprint density at radius 3 is 2.40 bits per heavy atom. The number of benzene rings is 1. The number of carbonyl (C=O) groups is 2. The highest BCUT2D eigenvalue weighted by molar-refractivity contribution is 5.97. The van der Waals surface area contributed by atoms with Gasteiger partial charge in [-0.3, -0.25) is 9.59 Å². The molecule has 0 aliphatic heterocycles. The van der Waals surface area contributed by atoms with Crippen molar-refractivity contribution in [3.8, 4) is 0 Å². The molecule has 1 aliphatic carbocycles. The summed E-state index contributed by atoms with van der Waals surface area (Å²) in [6.07, 6.45) is 6.25. The second kappa shape index (κ2) is 7.08. The van der Waals surface area contributed by atoms with Crippen molar-refractivity contribution in [2.75, 3.05) is 11.4 Å². The third kappa shape index (κ3) is 4.08. The molecular formula is C16H21NO3. The van der Waals surface area contributed by atoms with Crippen LogP contribution in [0.1, 0.15) is 38.5 Å². The highest BCUT2D eigenvalue weighted by Crippen LogP contribution is 2.29. The molecule has 0 atom stereocenters. The zero-order valence-corrected chi connectivity index (χ0v) is 11.6. The topological polar surface area (TPSA) is 57.6 Å². The highest BCUT2D eigenvalue weighted by Gasteiger charge is 2.21. The molecule has 0 radical (unpaired) electrons. The van der Waals surface area contributed by atoms with Gasteiger partial charge in [0.2, 0.25) is 5.91 Å². The molecule has 1 N–H and O–H groups in total. The van der Waals surface area contributed by atoms with Gasteiger partial charge >= 0.3 is 5.97 Å². The molecule has 1 aromatic carbocycles. The predicted molar refractivity (Wildman–Crippen MR) is 77.6 cm³/mol. The first-order valence-electron chi connectivity index (χ1n) is 7.24. The van der Waals surface area contributed by atoms with Crippen molar-refractivity contribution in [1.29, 1.82) is 0 Å². The van der Waals surface area contributed by atoms with E-state index in [4.69, 9.17) is 5.11 Å². The Hall–Kier alpha value is -1.84. The number of carboxylic acid groups (broad SMARTS) is 1. The molecule has 0 bridgehead atoms. The summed E-state index contributed by atoms with van der Waals surface area (Å²) in [7, 11) is 0. The van der Waals surface area contributed by atoms with E-state index in [1.807, 2.05) is 18.2 Å². The molecule has 0 spiro atoms. The summed E-state index contributed by atoms with van der Waals surface area (Å²) in [6.45, 7) is -0.270. The molecule has 108 valence electrons. The molecule has 1 saturated carbocycles. The zero-order valence-electron chi connectivity index (χ0n) is 11.6. The van der Waals surface area contributed by atoms with Crippen LogP contribution in [0.2, 0.25) is 0 Å². The summed E-state index contributed by atoms with van der Waals surface area (Å²) in [4.78, 5) is 24.6. The van der Waals surface area contributed by atoms with Gasteiger partial charge in [0.15, 0.2) is 0 Å². The molecule has 0 saturated heterocycles. The summed E-state index contributed by atoms with van der Waals surface area (Å²) in [6, 6.07) is 9.03. The van der Waals surface area contributed by atoms with Crippen LogP contribution in [0.3, 0.4) is 0 Å². The number of carboxylic acids is 1. The van der Waals surface area contributed by atoms with Crippen molar-refractivity contribution >= 4 is 17.6 Å². The quantitative estimate of drug-likeness (QED) is 0.868. The Kier molecular flexibility index (Phi) is 5.16. The van der Waals surface area contributed by atoms with Crippen LogP contribution < -0.4 is 4.90 Å². The standard InChI is InChI=1S/C16H21NO3/c18-15(11-10-13-6-4-5-7-13)17(12-16(19)20)14-8-2-1-3-9-14/h1-3,8-9,13H,4-7,10-12H2,(H,19,20). The lowest BCUT2D eigenvalue weighted by molar-refractivity contribution is -0.136. The fourth-order valence-corrected chi connectivity index (χ4v) is 2.83. The average molecular weight is 275 g/mol. The molecule has 4 heteroatoms. The summed E-state index contributed by atoms with van der Waals surface area (Å²) in [5, 5.41) is 8.98. The molecule has 1 aliphatic rings. The van der Waals surface area contributed by atoms with E-state index < -0.39 is 5.97 Å². The first-order chi connectivity index (χ1) is 9.66. The fourth-order valence-electron chi connectivity index (χ4n) is 2.83. The number of hydrogen-bond donors (Lipinski definition) is 1. The maximum Gasteiger partial charge on any atom is 0.323 e. The Labute approximate surface area is 119 Å². The summed E-state index contributed by atoms with van der Waals surface area (Å²) < 4.78 is 0. The fraction of sp³-hybridized carbons (Fsp3) is 0.500. The normalized spacial score (nSPS) is 15.2. The minimum atomic E-state index is -0.983. The van der Waals surface area contributed by atoms with Gasteiger partial charge in [0.25, 0.3) is 0 Å². The van der Waals surface area contributed by atoms with Crippen molar-refractivity contribution in [1.82, 2.24) is 0 Å². The molecule has 1 fully saturated rings. The van der Waals surface area contributed by atoms with Gasteiger partial charge < -0.3 is 10.0 Å². The summed E-state index contributed by atoms with van der Waals surface area (Å²) in [5.41, 5.74) is 0.659. The number of para-hydroxylation sites is 1. The minimum absolute atomic E-state index is 0.0921. The monoisotopic (exact) mass is 275 g/mol.